The third-order valence-electron chi connectivity index (χ3n) is 9.90. The summed E-state index contributed by atoms with van der Waals surface area (Å²) in [4.78, 5) is 64.0. The van der Waals surface area contributed by atoms with Crippen LogP contribution < -0.4 is 29.5 Å². The van der Waals surface area contributed by atoms with Gasteiger partial charge in [-0.3, -0.25) is 29.1 Å². The van der Waals surface area contributed by atoms with Crippen molar-refractivity contribution in [3.8, 4) is 11.5 Å². The number of nitrogens with one attached hydrogen (secondary N) is 1. The number of benzene rings is 1. The van der Waals surface area contributed by atoms with Crippen molar-refractivity contribution in [1.29, 1.82) is 0 Å². The number of hydrogen-bond donors (Lipinski definition) is 1. The van der Waals surface area contributed by atoms with Crippen LogP contribution in [0.4, 0.5) is 29.2 Å². The molecule has 3 amide bonds. The number of amides is 3. The molecular formula is C34H38N8O5. The summed E-state index contributed by atoms with van der Waals surface area (Å²) in [7, 11) is 0. The topological polar surface area (TPSA) is 143 Å². The normalized spacial score (nSPS) is 21.8. The second kappa shape index (κ2) is 10.6. The Balaban J connectivity index is 1.06. The maximum atomic E-state index is 13.6. The van der Waals surface area contributed by atoms with Gasteiger partial charge >= 0.3 is 0 Å². The van der Waals surface area contributed by atoms with E-state index in [4.69, 9.17) is 19.4 Å². The Hall–Kier alpha value is -4.81. The average Bonchev–Trinajstić information content (AvgIpc) is 3.81. The molecule has 47 heavy (non-hydrogen) atoms. The van der Waals surface area contributed by atoms with Crippen LogP contribution in [0, 0.1) is 0 Å². The van der Waals surface area contributed by atoms with Crippen molar-refractivity contribution in [3.63, 3.8) is 0 Å². The maximum Gasteiger partial charge on any atom is 0.272 e. The fourth-order valence-corrected chi connectivity index (χ4v) is 7.50. The van der Waals surface area contributed by atoms with Crippen LogP contribution in [0.5, 0.6) is 11.5 Å². The van der Waals surface area contributed by atoms with Crippen LogP contribution in [0.25, 0.3) is 0 Å². The highest BCUT2D eigenvalue weighted by molar-refractivity contribution is 6.10. The standard InChI is InChI=1S/C34H38N8O5/c1-33(2)29(44)41(21-9-5-6-10-21)26-24(46-33)16-35-31(38-26)37-20-13-14-23-19(15-20)18-40(28(23)43)32-36-17-25-27(39-32)42(22-11-7-8-12-22)30(45)34(3,4)47-25/h13-17,21-22H,5-12,18H2,1-4H3,(H,35,37,38). The second-order valence-corrected chi connectivity index (χ2v) is 14.1. The lowest BCUT2D eigenvalue weighted by atomic mass is 10.0. The van der Waals surface area contributed by atoms with Gasteiger partial charge in [0.2, 0.25) is 11.9 Å². The molecule has 3 aliphatic heterocycles. The second-order valence-electron chi connectivity index (χ2n) is 14.1. The summed E-state index contributed by atoms with van der Waals surface area (Å²) in [5, 5.41) is 3.25. The first-order chi connectivity index (χ1) is 22.5. The van der Waals surface area contributed by atoms with Crippen molar-refractivity contribution in [2.24, 2.45) is 0 Å². The molecule has 8 rings (SSSR count). The maximum absolute atomic E-state index is 13.6. The largest absolute Gasteiger partial charge is 0.472 e. The molecular weight excluding hydrogens is 600 g/mol. The lowest BCUT2D eigenvalue weighted by Crippen LogP contribution is -2.56. The van der Waals surface area contributed by atoms with E-state index >= 15 is 0 Å². The quantitative estimate of drug-likeness (QED) is 0.403. The first-order valence-electron chi connectivity index (χ1n) is 16.5. The predicted molar refractivity (Wildman–Crippen MR) is 173 cm³/mol. The van der Waals surface area contributed by atoms with Gasteiger partial charge in [0, 0.05) is 23.3 Å². The highest BCUT2D eigenvalue weighted by Gasteiger charge is 2.47. The summed E-state index contributed by atoms with van der Waals surface area (Å²) in [5.41, 5.74) is -0.0123. The van der Waals surface area contributed by atoms with Crippen molar-refractivity contribution >= 4 is 46.9 Å². The summed E-state index contributed by atoms with van der Waals surface area (Å²) in [6, 6.07) is 5.56. The monoisotopic (exact) mass is 638 g/mol. The number of rotatable bonds is 5. The zero-order valence-electron chi connectivity index (χ0n) is 27.1. The van der Waals surface area contributed by atoms with Crippen LogP contribution >= 0.6 is 0 Å². The number of aromatic nitrogens is 4. The molecule has 5 aliphatic rings. The van der Waals surface area contributed by atoms with Gasteiger partial charge in [-0.05, 0) is 77.1 Å². The van der Waals surface area contributed by atoms with Gasteiger partial charge < -0.3 is 14.8 Å². The Labute approximate surface area is 272 Å². The molecule has 0 atom stereocenters. The number of carbonyl (C=O) groups excluding carboxylic acids is 3. The molecule has 0 saturated heterocycles. The van der Waals surface area contributed by atoms with E-state index in [2.05, 4.69) is 15.3 Å². The molecule has 2 saturated carbocycles. The first kappa shape index (κ1) is 29.6. The highest BCUT2D eigenvalue weighted by Crippen LogP contribution is 2.43. The Kier molecular flexibility index (Phi) is 6.68. The van der Waals surface area contributed by atoms with E-state index in [-0.39, 0.29) is 42.3 Å². The summed E-state index contributed by atoms with van der Waals surface area (Å²) in [6.07, 6.45) is 11.1. The van der Waals surface area contributed by atoms with Crippen molar-refractivity contribution in [3.05, 3.63) is 41.7 Å². The van der Waals surface area contributed by atoms with Crippen molar-refractivity contribution in [2.75, 3.05) is 20.0 Å². The molecule has 1 aromatic carbocycles. The minimum atomic E-state index is -1.03. The summed E-state index contributed by atoms with van der Waals surface area (Å²) in [5.74, 6) is 1.89. The van der Waals surface area contributed by atoms with E-state index in [0.29, 0.717) is 40.3 Å². The molecule has 0 unspecified atom stereocenters. The van der Waals surface area contributed by atoms with Crippen LogP contribution in [0.3, 0.4) is 0 Å². The van der Waals surface area contributed by atoms with Crippen LogP contribution in [-0.2, 0) is 16.1 Å². The van der Waals surface area contributed by atoms with E-state index < -0.39 is 11.2 Å². The fourth-order valence-electron chi connectivity index (χ4n) is 7.50. The molecule has 13 nitrogen and oxygen atoms in total. The molecule has 2 aromatic heterocycles. The molecule has 0 spiro atoms. The van der Waals surface area contributed by atoms with Crippen LogP contribution in [0.2, 0.25) is 0 Å². The summed E-state index contributed by atoms with van der Waals surface area (Å²) >= 11 is 0. The van der Waals surface area contributed by atoms with Gasteiger partial charge in [0.1, 0.15) is 0 Å². The van der Waals surface area contributed by atoms with Gasteiger partial charge in [0.15, 0.2) is 34.3 Å². The summed E-state index contributed by atoms with van der Waals surface area (Å²) < 4.78 is 12.0. The van der Waals surface area contributed by atoms with Crippen LogP contribution in [0.15, 0.2) is 30.6 Å². The third kappa shape index (κ3) is 4.85. The zero-order chi connectivity index (χ0) is 32.7. The lowest BCUT2D eigenvalue weighted by Gasteiger charge is -2.40. The van der Waals surface area contributed by atoms with E-state index in [1.54, 1.807) is 62.0 Å². The number of anilines is 5. The van der Waals surface area contributed by atoms with Gasteiger partial charge in [0.05, 0.1) is 18.9 Å². The highest BCUT2D eigenvalue weighted by atomic mass is 16.5. The van der Waals surface area contributed by atoms with E-state index in [9.17, 15) is 14.4 Å². The first-order valence-corrected chi connectivity index (χ1v) is 16.5. The Bertz CT molecular complexity index is 1810. The lowest BCUT2D eigenvalue weighted by molar-refractivity contribution is -0.133. The van der Waals surface area contributed by atoms with Crippen molar-refractivity contribution in [2.45, 2.75) is 109 Å². The van der Waals surface area contributed by atoms with Gasteiger partial charge in [-0.2, -0.15) is 9.97 Å². The minimum Gasteiger partial charge on any atom is -0.472 e. The summed E-state index contributed by atoms with van der Waals surface area (Å²) in [6.45, 7) is 7.32. The van der Waals surface area contributed by atoms with Crippen LogP contribution in [-0.4, -0.2) is 60.9 Å². The minimum absolute atomic E-state index is 0.0412. The number of hydrogen-bond acceptors (Lipinski definition) is 10. The van der Waals surface area contributed by atoms with E-state index in [0.717, 1.165) is 56.9 Å². The molecule has 3 aromatic rings. The molecule has 1 N–H and O–H groups in total. The Morgan fingerprint density at radius 2 is 1.32 bits per heavy atom. The van der Waals surface area contributed by atoms with Crippen LogP contribution in [0.1, 0.15) is 95.0 Å². The number of carbonyl (C=O) groups is 3. The molecule has 0 bridgehead atoms. The average molecular weight is 639 g/mol. The Morgan fingerprint density at radius 3 is 1.91 bits per heavy atom. The third-order valence-corrected chi connectivity index (χ3v) is 9.90. The Morgan fingerprint density at radius 1 is 0.766 bits per heavy atom. The number of fused-ring (bicyclic) bond motifs is 3. The molecule has 2 fully saturated rings. The van der Waals surface area contributed by atoms with Gasteiger partial charge in [-0.25, -0.2) is 9.97 Å². The van der Waals surface area contributed by atoms with E-state index in [1.165, 1.54) is 4.90 Å². The smallest absolute Gasteiger partial charge is 0.272 e. The number of ether oxygens (including phenoxy) is 2. The van der Waals surface area contributed by atoms with Crippen molar-refractivity contribution in [1.82, 2.24) is 19.9 Å². The van der Waals surface area contributed by atoms with Crippen molar-refractivity contribution < 1.29 is 23.9 Å². The molecule has 244 valence electrons. The molecule has 0 radical (unpaired) electrons. The molecule has 13 heteroatoms. The van der Waals surface area contributed by atoms with Gasteiger partial charge in [0.25, 0.3) is 17.7 Å². The SMILES string of the molecule is CC1(C)Oc2cnc(Nc3ccc4c(c3)CN(c3ncc5c(n3)N(C3CCCC3)C(=O)C(C)(C)O5)C4=O)nc2N(C2CCCC2)C1=O. The van der Waals surface area contributed by atoms with Gasteiger partial charge in [-0.15, -0.1) is 0 Å². The fraction of sp³-hybridized carbons (Fsp3) is 0.500. The zero-order valence-corrected chi connectivity index (χ0v) is 27.1. The number of nitrogens with zero attached hydrogens (tertiary/aromatic N) is 7. The van der Waals surface area contributed by atoms with E-state index in [1.807, 2.05) is 6.07 Å². The molecule has 2 aliphatic carbocycles. The predicted octanol–water partition coefficient (Wildman–Crippen LogP) is 5.06. The molecule has 5 heterocycles. The van der Waals surface area contributed by atoms with Gasteiger partial charge in [-0.1, -0.05) is 25.7 Å².